The van der Waals surface area contributed by atoms with Crippen molar-refractivity contribution in [2.24, 2.45) is 0 Å². The summed E-state index contributed by atoms with van der Waals surface area (Å²) in [6, 6.07) is 6.39. The summed E-state index contributed by atoms with van der Waals surface area (Å²) in [6.45, 7) is 4.49. The molecule has 0 saturated carbocycles. The number of anilines is 1. The van der Waals surface area contributed by atoms with Crippen molar-refractivity contribution in [2.75, 3.05) is 25.1 Å². The molecule has 1 aromatic carbocycles. The standard InChI is InChI=1S/C12H17NO/c1-3-13-8-4-5-10-9-11(14-2)6-7-12(10)13/h6-7,9H,3-5,8H2,1-2H3. The summed E-state index contributed by atoms with van der Waals surface area (Å²) < 4.78 is 5.23. The van der Waals surface area contributed by atoms with E-state index in [0.717, 1.165) is 12.3 Å². The minimum Gasteiger partial charge on any atom is -0.497 e. The van der Waals surface area contributed by atoms with Crippen LogP contribution in [-0.4, -0.2) is 20.2 Å². The SMILES string of the molecule is CCN1CCCc2cc(OC)ccc21. The highest BCUT2D eigenvalue weighted by molar-refractivity contribution is 5.57. The molecule has 14 heavy (non-hydrogen) atoms. The third kappa shape index (κ3) is 1.57. The van der Waals surface area contributed by atoms with Gasteiger partial charge in [-0.25, -0.2) is 0 Å². The van der Waals surface area contributed by atoms with Gasteiger partial charge in [-0.1, -0.05) is 0 Å². The molecule has 0 fully saturated rings. The van der Waals surface area contributed by atoms with Gasteiger partial charge in [0.2, 0.25) is 0 Å². The van der Waals surface area contributed by atoms with Crippen LogP contribution in [0.4, 0.5) is 5.69 Å². The fourth-order valence-electron chi connectivity index (χ4n) is 2.11. The van der Waals surface area contributed by atoms with Crippen LogP contribution in [0.1, 0.15) is 18.9 Å². The normalized spacial score (nSPS) is 15.1. The van der Waals surface area contributed by atoms with E-state index in [2.05, 4.69) is 24.0 Å². The fraction of sp³-hybridized carbons (Fsp3) is 0.500. The Hall–Kier alpha value is -1.18. The molecule has 1 aromatic rings. The van der Waals surface area contributed by atoms with E-state index in [4.69, 9.17) is 4.74 Å². The second kappa shape index (κ2) is 3.91. The quantitative estimate of drug-likeness (QED) is 0.712. The topological polar surface area (TPSA) is 12.5 Å². The molecule has 0 aliphatic carbocycles. The highest BCUT2D eigenvalue weighted by Crippen LogP contribution is 2.29. The second-order valence-corrected chi connectivity index (χ2v) is 3.68. The van der Waals surface area contributed by atoms with E-state index in [9.17, 15) is 0 Å². The number of nitrogens with zero attached hydrogens (tertiary/aromatic N) is 1. The van der Waals surface area contributed by atoms with Crippen LogP contribution in [0.15, 0.2) is 18.2 Å². The molecule has 2 heteroatoms. The van der Waals surface area contributed by atoms with Crippen LogP contribution < -0.4 is 9.64 Å². The molecule has 0 atom stereocenters. The van der Waals surface area contributed by atoms with Crippen LogP contribution in [0.5, 0.6) is 5.75 Å². The molecule has 76 valence electrons. The predicted octanol–water partition coefficient (Wildman–Crippen LogP) is 2.47. The molecule has 0 aromatic heterocycles. The summed E-state index contributed by atoms with van der Waals surface area (Å²) in [6.07, 6.45) is 2.44. The van der Waals surface area contributed by atoms with E-state index in [-0.39, 0.29) is 0 Å². The molecule has 2 rings (SSSR count). The maximum atomic E-state index is 5.23. The Morgan fingerprint density at radius 3 is 3.00 bits per heavy atom. The number of benzene rings is 1. The Morgan fingerprint density at radius 1 is 1.43 bits per heavy atom. The molecule has 1 aliphatic heterocycles. The number of rotatable bonds is 2. The van der Waals surface area contributed by atoms with Crippen molar-refractivity contribution < 1.29 is 4.74 Å². The molecule has 0 saturated heterocycles. The van der Waals surface area contributed by atoms with E-state index >= 15 is 0 Å². The van der Waals surface area contributed by atoms with Gasteiger partial charge in [0.15, 0.2) is 0 Å². The Morgan fingerprint density at radius 2 is 2.29 bits per heavy atom. The van der Waals surface area contributed by atoms with Gasteiger partial charge in [-0.05, 0) is 43.5 Å². The minimum absolute atomic E-state index is 0.974. The average Bonchev–Trinajstić information content (AvgIpc) is 2.27. The third-order valence-corrected chi connectivity index (χ3v) is 2.88. The predicted molar refractivity (Wildman–Crippen MR) is 59.2 cm³/mol. The molecule has 0 radical (unpaired) electrons. The Bertz CT molecular complexity index is 322. The van der Waals surface area contributed by atoms with Crippen molar-refractivity contribution >= 4 is 5.69 Å². The molecular weight excluding hydrogens is 174 g/mol. The number of ether oxygens (including phenoxy) is 1. The number of fused-ring (bicyclic) bond motifs is 1. The number of aryl methyl sites for hydroxylation is 1. The zero-order chi connectivity index (χ0) is 9.97. The van der Waals surface area contributed by atoms with Crippen molar-refractivity contribution in [3.05, 3.63) is 23.8 Å². The van der Waals surface area contributed by atoms with E-state index in [1.165, 1.54) is 30.6 Å². The number of hydrogen-bond donors (Lipinski definition) is 0. The van der Waals surface area contributed by atoms with Gasteiger partial charge in [-0.2, -0.15) is 0 Å². The van der Waals surface area contributed by atoms with Crippen LogP contribution in [0.2, 0.25) is 0 Å². The summed E-state index contributed by atoms with van der Waals surface area (Å²) in [5, 5.41) is 0. The first-order valence-corrected chi connectivity index (χ1v) is 5.27. The van der Waals surface area contributed by atoms with Gasteiger partial charge >= 0.3 is 0 Å². The maximum absolute atomic E-state index is 5.23. The van der Waals surface area contributed by atoms with E-state index in [1.54, 1.807) is 7.11 Å². The highest BCUT2D eigenvalue weighted by Gasteiger charge is 2.15. The molecule has 2 nitrogen and oxygen atoms in total. The smallest absolute Gasteiger partial charge is 0.119 e. The van der Waals surface area contributed by atoms with Gasteiger partial charge < -0.3 is 9.64 Å². The minimum atomic E-state index is 0.974. The van der Waals surface area contributed by atoms with Crippen LogP contribution in [0.25, 0.3) is 0 Å². The summed E-state index contributed by atoms with van der Waals surface area (Å²) >= 11 is 0. The van der Waals surface area contributed by atoms with Crippen LogP contribution in [0, 0.1) is 0 Å². The molecule has 0 spiro atoms. The van der Waals surface area contributed by atoms with E-state index in [0.29, 0.717) is 0 Å². The molecule has 1 heterocycles. The summed E-state index contributed by atoms with van der Waals surface area (Å²) in [5.74, 6) is 0.974. The lowest BCUT2D eigenvalue weighted by Gasteiger charge is -2.30. The largest absolute Gasteiger partial charge is 0.497 e. The first kappa shape index (κ1) is 9.38. The van der Waals surface area contributed by atoms with Crippen LogP contribution in [0.3, 0.4) is 0 Å². The molecule has 0 N–H and O–H groups in total. The van der Waals surface area contributed by atoms with Crippen molar-refractivity contribution in [3.63, 3.8) is 0 Å². The van der Waals surface area contributed by atoms with Crippen LogP contribution in [-0.2, 0) is 6.42 Å². The van der Waals surface area contributed by atoms with Gasteiger partial charge in [0.05, 0.1) is 7.11 Å². The average molecular weight is 191 g/mol. The summed E-state index contributed by atoms with van der Waals surface area (Å²) in [4.78, 5) is 2.43. The molecule has 0 bridgehead atoms. The molecular formula is C12H17NO. The van der Waals surface area contributed by atoms with Crippen molar-refractivity contribution in [1.29, 1.82) is 0 Å². The Balaban J connectivity index is 2.35. The van der Waals surface area contributed by atoms with Gasteiger partial charge in [0, 0.05) is 18.8 Å². The monoisotopic (exact) mass is 191 g/mol. The van der Waals surface area contributed by atoms with Crippen molar-refractivity contribution in [1.82, 2.24) is 0 Å². The molecule has 0 unspecified atom stereocenters. The zero-order valence-electron chi connectivity index (χ0n) is 8.92. The fourth-order valence-corrected chi connectivity index (χ4v) is 2.11. The second-order valence-electron chi connectivity index (χ2n) is 3.68. The summed E-state index contributed by atoms with van der Waals surface area (Å²) in [5.41, 5.74) is 2.82. The first-order valence-electron chi connectivity index (χ1n) is 5.27. The lowest BCUT2D eigenvalue weighted by Crippen LogP contribution is -2.28. The molecule has 0 amide bonds. The number of methoxy groups -OCH3 is 1. The first-order chi connectivity index (χ1) is 6.85. The molecule has 1 aliphatic rings. The number of hydrogen-bond acceptors (Lipinski definition) is 2. The van der Waals surface area contributed by atoms with Crippen LogP contribution >= 0.6 is 0 Å². The van der Waals surface area contributed by atoms with Crippen molar-refractivity contribution in [3.8, 4) is 5.75 Å². The zero-order valence-corrected chi connectivity index (χ0v) is 8.92. The van der Waals surface area contributed by atoms with Gasteiger partial charge in [-0.15, -0.1) is 0 Å². The summed E-state index contributed by atoms with van der Waals surface area (Å²) in [7, 11) is 1.72. The lowest BCUT2D eigenvalue weighted by molar-refractivity contribution is 0.414. The Labute approximate surface area is 85.5 Å². The lowest BCUT2D eigenvalue weighted by atomic mass is 10.0. The maximum Gasteiger partial charge on any atom is 0.119 e. The van der Waals surface area contributed by atoms with Gasteiger partial charge in [-0.3, -0.25) is 0 Å². The van der Waals surface area contributed by atoms with E-state index in [1.807, 2.05) is 6.07 Å². The Kier molecular flexibility index (Phi) is 2.62. The van der Waals surface area contributed by atoms with Gasteiger partial charge in [0.1, 0.15) is 5.75 Å². The third-order valence-electron chi connectivity index (χ3n) is 2.88. The van der Waals surface area contributed by atoms with Crippen molar-refractivity contribution in [2.45, 2.75) is 19.8 Å². The van der Waals surface area contributed by atoms with E-state index < -0.39 is 0 Å². The highest BCUT2D eigenvalue weighted by atomic mass is 16.5. The van der Waals surface area contributed by atoms with Gasteiger partial charge in [0.25, 0.3) is 0 Å².